The van der Waals surface area contributed by atoms with E-state index in [1.54, 1.807) is 0 Å². The van der Waals surface area contributed by atoms with E-state index in [2.05, 4.69) is 311 Å². The molecule has 13 aromatic rings. The van der Waals surface area contributed by atoms with Gasteiger partial charge in [-0.05, 0) is 162 Å². The third-order valence-electron chi connectivity index (χ3n) is 15.6. The van der Waals surface area contributed by atoms with Crippen molar-refractivity contribution >= 4 is 77.6 Å². The molecule has 0 unspecified atom stereocenters. The minimum Gasteiger partial charge on any atom is -0.456 e. The van der Waals surface area contributed by atoms with E-state index in [1.807, 2.05) is 0 Å². The minimum atomic E-state index is 0.0587. The molecule has 376 valence electrons. The van der Waals surface area contributed by atoms with Gasteiger partial charge in [-0.3, -0.25) is 0 Å². The third kappa shape index (κ3) is 9.18. The third-order valence-corrected chi connectivity index (χ3v) is 15.6. The van der Waals surface area contributed by atoms with Crippen molar-refractivity contribution in [3.63, 3.8) is 0 Å². The first kappa shape index (κ1) is 48.2. The molecule has 0 aliphatic heterocycles. The van der Waals surface area contributed by atoms with E-state index >= 15 is 0 Å². The first-order valence-corrected chi connectivity index (χ1v) is 27.2. The largest absolute Gasteiger partial charge is 0.456 e. The van der Waals surface area contributed by atoms with Crippen molar-refractivity contribution in [1.82, 2.24) is 0 Å². The van der Waals surface area contributed by atoms with Crippen LogP contribution in [0.5, 0.6) is 0 Å². The molecular formula is C75H60N2O. The Bertz CT molecular complexity index is 4300. The second-order valence-electron chi connectivity index (χ2n) is 22.0. The Labute approximate surface area is 457 Å². The van der Waals surface area contributed by atoms with Gasteiger partial charge in [-0.2, -0.15) is 0 Å². The smallest absolute Gasteiger partial charge is 0.136 e. The van der Waals surface area contributed by atoms with Gasteiger partial charge in [0.15, 0.2) is 0 Å². The maximum Gasteiger partial charge on any atom is 0.136 e. The van der Waals surface area contributed by atoms with Crippen molar-refractivity contribution in [1.29, 1.82) is 0 Å². The van der Waals surface area contributed by atoms with Crippen LogP contribution in [0, 0.1) is 0 Å². The number of fused-ring (bicyclic) bond motifs is 5. The molecule has 13 rings (SSSR count). The first-order chi connectivity index (χ1) is 38.1. The molecular weight excluding hydrogens is 945 g/mol. The summed E-state index contributed by atoms with van der Waals surface area (Å²) >= 11 is 0. The van der Waals surface area contributed by atoms with Crippen LogP contribution in [0.3, 0.4) is 0 Å². The standard InChI is InChI=1S/C75H60N2O/c1-50(2)51-27-29-55(30-28-51)67-23-12-14-25-71(67)76(63-39-33-54(34-40-63)52-17-8-6-9-18-52)65-41-35-58-46-69-70-47-59-36-42-66(45-61(59)49-74(70)78-73(69)48-60(58)44-65)77(64-22-16-21-57(43-64)53-19-10-7-11-20-53)72-26-15-13-24-68(72)56-31-37-62(38-32-56)75(3,4)5/h6-50H,1-5H3. The zero-order valence-electron chi connectivity index (χ0n) is 44.8. The van der Waals surface area contributed by atoms with Crippen LogP contribution in [0.4, 0.5) is 34.1 Å². The maximum absolute atomic E-state index is 6.91. The zero-order chi connectivity index (χ0) is 52.9. The molecule has 0 spiro atoms. The molecule has 0 saturated heterocycles. The summed E-state index contributed by atoms with van der Waals surface area (Å²) in [6.45, 7) is 11.3. The number of para-hydroxylation sites is 2. The number of benzene rings is 12. The topological polar surface area (TPSA) is 19.6 Å². The Kier molecular flexibility index (Phi) is 12.3. The predicted molar refractivity (Wildman–Crippen MR) is 333 cm³/mol. The van der Waals surface area contributed by atoms with Gasteiger partial charge in [0, 0.05) is 44.6 Å². The molecule has 0 aliphatic rings. The van der Waals surface area contributed by atoms with Crippen LogP contribution < -0.4 is 9.80 Å². The van der Waals surface area contributed by atoms with Gasteiger partial charge in [-0.25, -0.2) is 0 Å². The van der Waals surface area contributed by atoms with E-state index in [0.717, 1.165) is 88.7 Å². The molecule has 0 bridgehead atoms. The number of hydrogen-bond donors (Lipinski definition) is 0. The second kappa shape index (κ2) is 19.9. The van der Waals surface area contributed by atoms with Gasteiger partial charge in [-0.1, -0.05) is 217 Å². The van der Waals surface area contributed by atoms with Crippen molar-refractivity contribution in [2.75, 3.05) is 9.80 Å². The quantitative estimate of drug-likeness (QED) is 0.129. The van der Waals surface area contributed by atoms with Crippen LogP contribution in [0.1, 0.15) is 51.7 Å². The molecule has 78 heavy (non-hydrogen) atoms. The molecule has 0 N–H and O–H groups in total. The lowest BCUT2D eigenvalue weighted by Gasteiger charge is -2.29. The molecule has 0 radical (unpaired) electrons. The van der Waals surface area contributed by atoms with Gasteiger partial charge in [0.1, 0.15) is 11.2 Å². The fraction of sp³-hybridized carbons (Fsp3) is 0.0933. The van der Waals surface area contributed by atoms with Crippen molar-refractivity contribution < 1.29 is 4.42 Å². The van der Waals surface area contributed by atoms with Crippen molar-refractivity contribution in [2.45, 2.75) is 46.0 Å². The maximum atomic E-state index is 6.91. The van der Waals surface area contributed by atoms with Crippen LogP contribution >= 0.6 is 0 Å². The van der Waals surface area contributed by atoms with Crippen LogP contribution in [0.25, 0.3) is 88.0 Å². The van der Waals surface area contributed by atoms with Gasteiger partial charge in [-0.15, -0.1) is 0 Å². The van der Waals surface area contributed by atoms with Gasteiger partial charge in [0.25, 0.3) is 0 Å². The van der Waals surface area contributed by atoms with Crippen molar-refractivity contribution in [3.8, 4) is 44.5 Å². The molecule has 3 heteroatoms. The van der Waals surface area contributed by atoms with Crippen LogP contribution in [0.2, 0.25) is 0 Å². The lowest BCUT2D eigenvalue weighted by atomic mass is 9.86. The van der Waals surface area contributed by atoms with Crippen molar-refractivity contribution in [2.24, 2.45) is 0 Å². The average molecular weight is 1010 g/mol. The SMILES string of the molecule is CC(C)c1ccc(-c2ccccc2N(c2ccc(-c3ccccc3)cc2)c2ccc3cc4c(cc3c2)oc2cc3cc(N(c5cccc(-c6ccccc6)c5)c5ccccc5-c5ccc(C(C)(C)C)cc5)ccc3cc24)cc1. The van der Waals surface area contributed by atoms with Gasteiger partial charge < -0.3 is 14.2 Å². The highest BCUT2D eigenvalue weighted by molar-refractivity contribution is 6.14. The summed E-state index contributed by atoms with van der Waals surface area (Å²) in [4.78, 5) is 4.81. The molecule has 0 aliphatic carbocycles. The molecule has 3 nitrogen and oxygen atoms in total. The Balaban J connectivity index is 0.916. The van der Waals surface area contributed by atoms with E-state index in [1.165, 1.54) is 44.5 Å². The van der Waals surface area contributed by atoms with E-state index < -0.39 is 0 Å². The summed E-state index contributed by atoms with van der Waals surface area (Å²) in [5, 5.41) is 6.72. The van der Waals surface area contributed by atoms with Crippen molar-refractivity contribution in [3.05, 3.63) is 278 Å². The molecule has 1 heterocycles. The molecule has 0 atom stereocenters. The highest BCUT2D eigenvalue weighted by Gasteiger charge is 2.22. The second-order valence-corrected chi connectivity index (χ2v) is 22.0. The minimum absolute atomic E-state index is 0.0587. The van der Waals surface area contributed by atoms with Gasteiger partial charge in [0.05, 0.1) is 11.4 Å². The summed E-state index contributed by atoms with van der Waals surface area (Å²) in [6.07, 6.45) is 0. The van der Waals surface area contributed by atoms with Gasteiger partial charge in [0.2, 0.25) is 0 Å². The van der Waals surface area contributed by atoms with Crippen LogP contribution in [-0.4, -0.2) is 0 Å². The molecule has 1 aromatic heterocycles. The number of rotatable bonds is 11. The summed E-state index contributed by atoms with van der Waals surface area (Å²) < 4.78 is 6.91. The highest BCUT2D eigenvalue weighted by atomic mass is 16.3. The Morgan fingerprint density at radius 1 is 0.321 bits per heavy atom. The summed E-state index contributed by atoms with van der Waals surface area (Å²) in [5.41, 5.74) is 20.3. The molecule has 0 saturated carbocycles. The van der Waals surface area contributed by atoms with E-state index in [0.29, 0.717) is 5.92 Å². The summed E-state index contributed by atoms with van der Waals surface area (Å²) in [6, 6.07) is 97.5. The van der Waals surface area contributed by atoms with Crippen LogP contribution in [0.15, 0.2) is 271 Å². The van der Waals surface area contributed by atoms with Crippen LogP contribution in [-0.2, 0) is 5.41 Å². The normalized spacial score (nSPS) is 11.8. The van der Waals surface area contributed by atoms with E-state index in [-0.39, 0.29) is 5.41 Å². The monoisotopic (exact) mass is 1000 g/mol. The zero-order valence-corrected chi connectivity index (χ0v) is 44.8. The fourth-order valence-corrected chi connectivity index (χ4v) is 11.3. The van der Waals surface area contributed by atoms with E-state index in [4.69, 9.17) is 4.42 Å². The Morgan fingerprint density at radius 3 is 1.27 bits per heavy atom. The molecule has 0 amide bonds. The highest BCUT2D eigenvalue weighted by Crippen LogP contribution is 2.46. The predicted octanol–water partition coefficient (Wildman–Crippen LogP) is 21.9. The molecule has 12 aromatic carbocycles. The summed E-state index contributed by atoms with van der Waals surface area (Å²) in [5.74, 6) is 0.458. The fourth-order valence-electron chi connectivity index (χ4n) is 11.3. The average Bonchev–Trinajstić information content (AvgIpc) is 4.01. The molecule has 0 fully saturated rings. The first-order valence-electron chi connectivity index (χ1n) is 27.2. The van der Waals surface area contributed by atoms with Gasteiger partial charge >= 0.3 is 0 Å². The Morgan fingerprint density at radius 2 is 0.744 bits per heavy atom. The number of anilines is 6. The Hall–Kier alpha value is -9.44. The lowest BCUT2D eigenvalue weighted by Crippen LogP contribution is -2.12. The summed E-state index contributed by atoms with van der Waals surface area (Å²) in [7, 11) is 0. The van der Waals surface area contributed by atoms with E-state index in [9.17, 15) is 0 Å². The number of hydrogen-bond acceptors (Lipinski definition) is 3. The lowest BCUT2D eigenvalue weighted by molar-refractivity contribution is 0.590. The number of furan rings is 1. The number of nitrogens with zero attached hydrogens (tertiary/aromatic N) is 2.